The van der Waals surface area contributed by atoms with Crippen molar-refractivity contribution in [3.8, 4) is 0 Å². The smallest absolute Gasteiger partial charge is 0.318 e. The van der Waals surface area contributed by atoms with E-state index in [4.69, 9.17) is 4.52 Å². The zero-order chi connectivity index (χ0) is 15.2. The summed E-state index contributed by atoms with van der Waals surface area (Å²) >= 11 is 0. The molecule has 1 atom stereocenters. The summed E-state index contributed by atoms with van der Waals surface area (Å²) in [6.45, 7) is 4.23. The first-order chi connectivity index (χ1) is 10.1. The Kier molecular flexibility index (Phi) is 4.86. The molecule has 112 valence electrons. The number of carbonyl (C=O) groups is 1. The Morgan fingerprint density at radius 2 is 2.33 bits per heavy atom. The van der Waals surface area contributed by atoms with Crippen molar-refractivity contribution in [3.63, 3.8) is 0 Å². The van der Waals surface area contributed by atoms with Crippen LogP contribution in [0.5, 0.6) is 0 Å². The maximum atomic E-state index is 12.1. The Bertz CT molecular complexity index is 584. The van der Waals surface area contributed by atoms with Gasteiger partial charge >= 0.3 is 6.03 Å². The molecule has 7 heteroatoms. The van der Waals surface area contributed by atoms with Crippen molar-refractivity contribution in [1.82, 2.24) is 25.3 Å². The molecule has 2 heterocycles. The van der Waals surface area contributed by atoms with Gasteiger partial charge in [-0.3, -0.25) is 4.98 Å². The molecule has 0 bridgehead atoms. The van der Waals surface area contributed by atoms with Crippen molar-refractivity contribution in [2.75, 3.05) is 7.05 Å². The van der Waals surface area contributed by atoms with E-state index in [-0.39, 0.29) is 12.1 Å². The van der Waals surface area contributed by atoms with Crippen LogP contribution < -0.4 is 5.32 Å². The van der Waals surface area contributed by atoms with Gasteiger partial charge < -0.3 is 14.7 Å². The molecular weight excluding hydrogens is 270 g/mol. The molecule has 0 spiro atoms. The standard InChI is InChI=1S/C14H19N5O2/c1-4-12-17-13(21-18-12)10(2)16-14(20)19(3)9-11-6-5-7-15-8-11/h5-8,10H,4,9H2,1-3H3,(H,16,20). The minimum atomic E-state index is -0.332. The third-order valence-corrected chi connectivity index (χ3v) is 3.00. The summed E-state index contributed by atoms with van der Waals surface area (Å²) in [5, 5.41) is 6.64. The van der Waals surface area contributed by atoms with Gasteiger partial charge in [0.2, 0.25) is 5.89 Å². The number of nitrogens with zero attached hydrogens (tertiary/aromatic N) is 4. The zero-order valence-electron chi connectivity index (χ0n) is 12.4. The van der Waals surface area contributed by atoms with Crippen LogP contribution in [0, 0.1) is 0 Å². The molecule has 2 aromatic heterocycles. The van der Waals surface area contributed by atoms with Crippen LogP contribution in [0.3, 0.4) is 0 Å². The highest BCUT2D eigenvalue weighted by Gasteiger charge is 2.18. The average molecular weight is 289 g/mol. The lowest BCUT2D eigenvalue weighted by Gasteiger charge is -2.19. The van der Waals surface area contributed by atoms with E-state index in [0.29, 0.717) is 24.7 Å². The van der Waals surface area contributed by atoms with E-state index < -0.39 is 0 Å². The first-order valence-electron chi connectivity index (χ1n) is 6.83. The van der Waals surface area contributed by atoms with E-state index in [1.165, 1.54) is 0 Å². The van der Waals surface area contributed by atoms with Crippen molar-refractivity contribution < 1.29 is 9.32 Å². The summed E-state index contributed by atoms with van der Waals surface area (Å²) in [6, 6.07) is 3.23. The number of hydrogen-bond donors (Lipinski definition) is 1. The summed E-state index contributed by atoms with van der Waals surface area (Å²) in [5.41, 5.74) is 0.967. The first kappa shape index (κ1) is 15.0. The number of carbonyl (C=O) groups excluding carboxylic acids is 1. The Balaban J connectivity index is 1.91. The van der Waals surface area contributed by atoms with Crippen molar-refractivity contribution >= 4 is 6.03 Å². The van der Waals surface area contributed by atoms with Gasteiger partial charge in [0.1, 0.15) is 6.04 Å². The molecule has 1 unspecified atom stereocenters. The zero-order valence-corrected chi connectivity index (χ0v) is 12.4. The van der Waals surface area contributed by atoms with Crippen LogP contribution in [-0.4, -0.2) is 33.1 Å². The Labute approximate surface area is 123 Å². The van der Waals surface area contributed by atoms with Gasteiger partial charge in [0.15, 0.2) is 5.82 Å². The monoisotopic (exact) mass is 289 g/mol. The number of hydrogen-bond acceptors (Lipinski definition) is 5. The molecule has 0 radical (unpaired) electrons. The van der Waals surface area contributed by atoms with Crippen LogP contribution in [0.1, 0.15) is 37.2 Å². The van der Waals surface area contributed by atoms with Gasteiger partial charge in [-0.05, 0) is 18.6 Å². The number of aromatic nitrogens is 3. The molecule has 0 aliphatic rings. The molecule has 0 saturated carbocycles. The van der Waals surface area contributed by atoms with E-state index in [9.17, 15) is 4.79 Å². The van der Waals surface area contributed by atoms with E-state index in [1.807, 2.05) is 26.0 Å². The normalized spacial score (nSPS) is 12.0. The molecule has 0 aliphatic carbocycles. The number of urea groups is 1. The van der Waals surface area contributed by atoms with Crippen molar-refractivity contribution in [2.24, 2.45) is 0 Å². The maximum absolute atomic E-state index is 12.1. The van der Waals surface area contributed by atoms with E-state index in [1.54, 1.807) is 24.3 Å². The van der Waals surface area contributed by atoms with E-state index in [0.717, 1.165) is 5.56 Å². The number of amides is 2. The first-order valence-corrected chi connectivity index (χ1v) is 6.83. The average Bonchev–Trinajstić information content (AvgIpc) is 2.97. The lowest BCUT2D eigenvalue weighted by molar-refractivity contribution is 0.200. The molecule has 2 amide bonds. The second-order valence-corrected chi connectivity index (χ2v) is 4.79. The van der Waals surface area contributed by atoms with Crippen LogP contribution in [-0.2, 0) is 13.0 Å². The number of pyridine rings is 1. The van der Waals surface area contributed by atoms with Crippen molar-refractivity contribution in [2.45, 2.75) is 32.9 Å². The molecule has 1 N–H and O–H groups in total. The highest BCUT2D eigenvalue weighted by molar-refractivity contribution is 5.74. The predicted molar refractivity (Wildman–Crippen MR) is 76.3 cm³/mol. The second-order valence-electron chi connectivity index (χ2n) is 4.79. The molecule has 0 aromatic carbocycles. The lowest BCUT2D eigenvalue weighted by atomic mass is 10.3. The fourth-order valence-electron chi connectivity index (χ4n) is 1.78. The molecule has 0 fully saturated rings. The number of aryl methyl sites for hydroxylation is 1. The van der Waals surface area contributed by atoms with Crippen LogP contribution in [0.2, 0.25) is 0 Å². The molecule has 2 rings (SSSR count). The summed E-state index contributed by atoms with van der Waals surface area (Å²) < 4.78 is 5.11. The fourth-order valence-corrected chi connectivity index (χ4v) is 1.78. The largest absolute Gasteiger partial charge is 0.337 e. The summed E-state index contributed by atoms with van der Waals surface area (Å²) in [6.07, 6.45) is 4.14. The second kappa shape index (κ2) is 6.83. The quantitative estimate of drug-likeness (QED) is 0.909. The number of rotatable bonds is 5. The third kappa shape index (κ3) is 4.01. The van der Waals surface area contributed by atoms with Crippen molar-refractivity contribution in [1.29, 1.82) is 0 Å². The minimum Gasteiger partial charge on any atom is -0.337 e. The maximum Gasteiger partial charge on any atom is 0.318 e. The molecular formula is C14H19N5O2. The van der Waals surface area contributed by atoms with Crippen LogP contribution in [0.4, 0.5) is 4.79 Å². The van der Waals surface area contributed by atoms with Crippen LogP contribution in [0.25, 0.3) is 0 Å². The molecule has 21 heavy (non-hydrogen) atoms. The lowest BCUT2D eigenvalue weighted by Crippen LogP contribution is -2.38. The minimum absolute atomic E-state index is 0.206. The van der Waals surface area contributed by atoms with Gasteiger partial charge in [0.25, 0.3) is 0 Å². The summed E-state index contributed by atoms with van der Waals surface area (Å²) in [5.74, 6) is 1.05. The molecule has 7 nitrogen and oxygen atoms in total. The van der Waals surface area contributed by atoms with Gasteiger partial charge in [-0.2, -0.15) is 4.98 Å². The van der Waals surface area contributed by atoms with Gasteiger partial charge in [0, 0.05) is 32.4 Å². The Morgan fingerprint density at radius 1 is 1.52 bits per heavy atom. The highest BCUT2D eigenvalue weighted by Crippen LogP contribution is 2.10. The van der Waals surface area contributed by atoms with Crippen LogP contribution >= 0.6 is 0 Å². The summed E-state index contributed by atoms with van der Waals surface area (Å²) in [7, 11) is 1.72. The Hall–Kier alpha value is -2.44. The van der Waals surface area contributed by atoms with Crippen molar-refractivity contribution in [3.05, 3.63) is 41.8 Å². The van der Waals surface area contributed by atoms with Gasteiger partial charge in [-0.15, -0.1) is 0 Å². The number of nitrogens with one attached hydrogen (secondary N) is 1. The molecule has 0 aliphatic heterocycles. The van der Waals surface area contributed by atoms with Gasteiger partial charge in [-0.1, -0.05) is 18.1 Å². The van der Waals surface area contributed by atoms with Gasteiger partial charge in [0.05, 0.1) is 0 Å². The third-order valence-electron chi connectivity index (χ3n) is 3.00. The fraction of sp³-hybridized carbons (Fsp3) is 0.429. The Morgan fingerprint density at radius 3 is 2.95 bits per heavy atom. The van der Waals surface area contributed by atoms with E-state index in [2.05, 4.69) is 20.4 Å². The molecule has 2 aromatic rings. The molecule has 0 saturated heterocycles. The SMILES string of the molecule is CCc1noc(C(C)NC(=O)N(C)Cc2cccnc2)n1. The highest BCUT2D eigenvalue weighted by atomic mass is 16.5. The predicted octanol–water partition coefficient (Wildman–Crippen LogP) is 1.93. The van der Waals surface area contributed by atoms with E-state index >= 15 is 0 Å². The summed E-state index contributed by atoms with van der Waals surface area (Å²) in [4.78, 5) is 21.9. The van der Waals surface area contributed by atoms with Gasteiger partial charge in [-0.25, -0.2) is 4.79 Å². The van der Waals surface area contributed by atoms with Crippen LogP contribution in [0.15, 0.2) is 29.0 Å². The topological polar surface area (TPSA) is 84.2 Å².